The van der Waals surface area contributed by atoms with Gasteiger partial charge in [0.05, 0.1) is 15.9 Å². The van der Waals surface area contributed by atoms with Crippen LogP contribution in [0.4, 0.5) is 0 Å². The summed E-state index contributed by atoms with van der Waals surface area (Å²) in [6.07, 6.45) is 6.19. The maximum absolute atomic E-state index is 4.53. The number of aryl methyl sites for hydroxylation is 2. The van der Waals surface area contributed by atoms with E-state index in [1.165, 1.54) is 25.0 Å². The van der Waals surface area contributed by atoms with Gasteiger partial charge >= 0.3 is 0 Å². The van der Waals surface area contributed by atoms with Crippen molar-refractivity contribution >= 4 is 27.7 Å². The summed E-state index contributed by atoms with van der Waals surface area (Å²) in [4.78, 5) is 0. The Morgan fingerprint density at radius 1 is 1.50 bits per heavy atom. The van der Waals surface area contributed by atoms with Crippen LogP contribution in [-0.2, 0) is 13.1 Å². The molecule has 1 aromatic rings. The maximum Gasteiger partial charge on any atom is 0.0739 e. The van der Waals surface area contributed by atoms with Crippen molar-refractivity contribution in [2.45, 2.75) is 57.5 Å². The first kappa shape index (κ1) is 14.4. The largest absolute Gasteiger partial charge is 0.308 e. The SMILES string of the molecule is CCn1nc(C)c(Br)c1CNC1CCC(SC)C1. The van der Waals surface area contributed by atoms with Gasteiger partial charge in [-0.1, -0.05) is 0 Å². The highest BCUT2D eigenvalue weighted by Gasteiger charge is 2.24. The van der Waals surface area contributed by atoms with Gasteiger partial charge in [-0.2, -0.15) is 16.9 Å². The summed E-state index contributed by atoms with van der Waals surface area (Å²) in [6.45, 7) is 6.04. The number of halogens is 1. The topological polar surface area (TPSA) is 29.9 Å². The lowest BCUT2D eigenvalue weighted by atomic mass is 10.2. The molecule has 1 N–H and O–H groups in total. The van der Waals surface area contributed by atoms with Crippen LogP contribution in [0.3, 0.4) is 0 Å². The Bertz CT molecular complexity index is 405. The molecule has 1 aromatic heterocycles. The fourth-order valence-corrected chi connectivity index (χ4v) is 3.84. The third-order valence-electron chi connectivity index (χ3n) is 3.73. The Morgan fingerprint density at radius 3 is 2.89 bits per heavy atom. The molecule has 3 nitrogen and oxygen atoms in total. The summed E-state index contributed by atoms with van der Waals surface area (Å²) in [6, 6.07) is 0.676. The van der Waals surface area contributed by atoms with E-state index in [0.717, 1.165) is 28.5 Å². The molecule has 2 unspecified atom stereocenters. The highest BCUT2D eigenvalue weighted by Crippen LogP contribution is 2.29. The molecule has 18 heavy (non-hydrogen) atoms. The second-order valence-electron chi connectivity index (χ2n) is 4.91. The van der Waals surface area contributed by atoms with Gasteiger partial charge in [0.15, 0.2) is 0 Å². The first-order chi connectivity index (χ1) is 8.65. The predicted octanol–water partition coefficient (Wildman–Crippen LogP) is 3.35. The standard InChI is InChI=1S/C13H22BrN3S/c1-4-17-12(13(14)9(2)16-17)8-15-10-5-6-11(7-10)18-3/h10-11,15H,4-8H2,1-3H3. The van der Waals surface area contributed by atoms with Crippen molar-refractivity contribution < 1.29 is 0 Å². The van der Waals surface area contributed by atoms with E-state index < -0.39 is 0 Å². The van der Waals surface area contributed by atoms with Crippen LogP contribution in [0.5, 0.6) is 0 Å². The second-order valence-corrected chi connectivity index (χ2v) is 6.84. The molecule has 0 aliphatic heterocycles. The molecule has 102 valence electrons. The Morgan fingerprint density at radius 2 is 2.28 bits per heavy atom. The fraction of sp³-hybridized carbons (Fsp3) is 0.769. The molecule has 0 amide bonds. The fourth-order valence-electron chi connectivity index (χ4n) is 2.62. The minimum absolute atomic E-state index is 0.676. The quantitative estimate of drug-likeness (QED) is 0.897. The lowest BCUT2D eigenvalue weighted by Crippen LogP contribution is -2.27. The average molecular weight is 332 g/mol. The summed E-state index contributed by atoms with van der Waals surface area (Å²) in [5, 5.41) is 9.07. The number of thioether (sulfide) groups is 1. The number of nitrogens with one attached hydrogen (secondary N) is 1. The van der Waals surface area contributed by atoms with Crippen LogP contribution >= 0.6 is 27.7 Å². The van der Waals surface area contributed by atoms with Gasteiger partial charge in [-0.05, 0) is 55.3 Å². The molecule has 0 saturated heterocycles. The predicted molar refractivity (Wildman–Crippen MR) is 82.1 cm³/mol. The van der Waals surface area contributed by atoms with Gasteiger partial charge in [0, 0.05) is 24.4 Å². The molecule has 1 saturated carbocycles. The van der Waals surface area contributed by atoms with Gasteiger partial charge in [-0.3, -0.25) is 4.68 Å². The van der Waals surface area contributed by atoms with E-state index in [-0.39, 0.29) is 0 Å². The summed E-state index contributed by atoms with van der Waals surface area (Å²) in [5.41, 5.74) is 2.37. The summed E-state index contributed by atoms with van der Waals surface area (Å²) < 4.78 is 3.25. The summed E-state index contributed by atoms with van der Waals surface area (Å²) in [7, 11) is 0. The maximum atomic E-state index is 4.53. The van der Waals surface area contributed by atoms with E-state index in [9.17, 15) is 0 Å². The van der Waals surface area contributed by atoms with Crippen molar-refractivity contribution in [3.05, 3.63) is 15.9 Å². The minimum atomic E-state index is 0.676. The highest BCUT2D eigenvalue weighted by molar-refractivity contribution is 9.10. The van der Waals surface area contributed by atoms with Crippen LogP contribution in [0.15, 0.2) is 4.47 Å². The van der Waals surface area contributed by atoms with Gasteiger partial charge in [0.2, 0.25) is 0 Å². The molecular weight excluding hydrogens is 310 g/mol. The Labute approximate surface area is 122 Å². The van der Waals surface area contributed by atoms with Crippen LogP contribution in [0.25, 0.3) is 0 Å². The number of hydrogen-bond donors (Lipinski definition) is 1. The zero-order valence-electron chi connectivity index (χ0n) is 11.4. The molecule has 0 aromatic carbocycles. The zero-order valence-corrected chi connectivity index (χ0v) is 13.8. The number of hydrogen-bond acceptors (Lipinski definition) is 3. The molecular formula is C13H22BrN3S. The van der Waals surface area contributed by atoms with Gasteiger partial charge in [0.25, 0.3) is 0 Å². The van der Waals surface area contributed by atoms with E-state index in [2.05, 4.69) is 51.1 Å². The molecule has 2 rings (SSSR count). The Balaban J connectivity index is 1.94. The van der Waals surface area contributed by atoms with E-state index in [0.29, 0.717) is 6.04 Å². The zero-order chi connectivity index (χ0) is 13.1. The smallest absolute Gasteiger partial charge is 0.0739 e. The molecule has 0 spiro atoms. The van der Waals surface area contributed by atoms with Gasteiger partial charge in [0.1, 0.15) is 0 Å². The normalized spacial score (nSPS) is 23.8. The molecule has 5 heteroatoms. The lowest BCUT2D eigenvalue weighted by molar-refractivity contribution is 0.498. The number of rotatable bonds is 5. The molecule has 0 radical (unpaired) electrons. The molecule has 0 bridgehead atoms. The molecule has 1 fully saturated rings. The Hall–Kier alpha value is -0.0000000000000000555. The van der Waals surface area contributed by atoms with E-state index in [1.54, 1.807) is 0 Å². The van der Waals surface area contributed by atoms with Gasteiger partial charge in [-0.25, -0.2) is 0 Å². The molecule has 1 aliphatic carbocycles. The lowest BCUT2D eigenvalue weighted by Gasteiger charge is -2.13. The molecule has 2 atom stereocenters. The minimum Gasteiger partial charge on any atom is -0.308 e. The van der Waals surface area contributed by atoms with Crippen molar-refractivity contribution in [3.63, 3.8) is 0 Å². The third-order valence-corrected chi connectivity index (χ3v) is 5.86. The van der Waals surface area contributed by atoms with E-state index in [1.807, 2.05) is 11.8 Å². The van der Waals surface area contributed by atoms with Crippen LogP contribution < -0.4 is 5.32 Å². The van der Waals surface area contributed by atoms with Crippen LogP contribution in [0.1, 0.15) is 37.6 Å². The second kappa shape index (κ2) is 6.44. The van der Waals surface area contributed by atoms with Crippen molar-refractivity contribution in [3.8, 4) is 0 Å². The first-order valence-electron chi connectivity index (χ1n) is 6.63. The highest BCUT2D eigenvalue weighted by atomic mass is 79.9. The average Bonchev–Trinajstić information content (AvgIpc) is 2.94. The van der Waals surface area contributed by atoms with Crippen molar-refractivity contribution in [1.82, 2.24) is 15.1 Å². The summed E-state index contributed by atoms with van der Waals surface area (Å²) in [5.74, 6) is 0. The Kier molecular flexibility index (Phi) is 5.15. The van der Waals surface area contributed by atoms with Crippen molar-refractivity contribution in [1.29, 1.82) is 0 Å². The summed E-state index contributed by atoms with van der Waals surface area (Å²) >= 11 is 5.66. The van der Waals surface area contributed by atoms with Crippen molar-refractivity contribution in [2.75, 3.05) is 6.26 Å². The number of aromatic nitrogens is 2. The van der Waals surface area contributed by atoms with E-state index in [4.69, 9.17) is 0 Å². The van der Waals surface area contributed by atoms with E-state index >= 15 is 0 Å². The van der Waals surface area contributed by atoms with Crippen LogP contribution in [0, 0.1) is 6.92 Å². The van der Waals surface area contributed by atoms with Gasteiger partial charge in [-0.15, -0.1) is 0 Å². The molecule has 1 heterocycles. The number of nitrogens with zero attached hydrogens (tertiary/aromatic N) is 2. The third kappa shape index (κ3) is 3.11. The first-order valence-corrected chi connectivity index (χ1v) is 8.71. The monoisotopic (exact) mass is 331 g/mol. The van der Waals surface area contributed by atoms with Crippen molar-refractivity contribution in [2.24, 2.45) is 0 Å². The van der Waals surface area contributed by atoms with Gasteiger partial charge < -0.3 is 5.32 Å². The molecule has 1 aliphatic rings. The van der Waals surface area contributed by atoms with Crippen LogP contribution in [0.2, 0.25) is 0 Å². The van der Waals surface area contributed by atoms with Crippen LogP contribution in [-0.4, -0.2) is 27.3 Å².